The zero-order valence-corrected chi connectivity index (χ0v) is 13.6. The third-order valence-corrected chi connectivity index (χ3v) is 3.86. The first-order chi connectivity index (χ1) is 10.1. The van der Waals surface area contributed by atoms with Crippen molar-refractivity contribution in [3.05, 3.63) is 73.9 Å². The first kappa shape index (κ1) is 14.3. The van der Waals surface area contributed by atoms with Gasteiger partial charge in [-0.2, -0.15) is 0 Å². The standard InChI is InChI=1S/C16H9ClINO2/c17-12-5-1-10(2-6-12)9-14-16(20)21-15(19-14)11-3-7-13(18)8-4-11/h1-9H/b14-9-. The van der Waals surface area contributed by atoms with Gasteiger partial charge in [-0.1, -0.05) is 23.7 Å². The number of rotatable bonds is 2. The number of hydrogen-bond donors (Lipinski definition) is 0. The van der Waals surface area contributed by atoms with Gasteiger partial charge in [0.05, 0.1) is 0 Å². The molecule has 1 heterocycles. The number of carbonyl (C=O) groups is 1. The highest BCUT2D eigenvalue weighted by Gasteiger charge is 2.23. The van der Waals surface area contributed by atoms with E-state index in [9.17, 15) is 4.79 Å². The number of cyclic esters (lactones) is 1. The van der Waals surface area contributed by atoms with Crippen LogP contribution in [0, 0.1) is 3.57 Å². The molecule has 1 aliphatic heterocycles. The highest BCUT2D eigenvalue weighted by Crippen LogP contribution is 2.20. The van der Waals surface area contributed by atoms with Gasteiger partial charge in [0, 0.05) is 14.2 Å². The highest BCUT2D eigenvalue weighted by molar-refractivity contribution is 14.1. The lowest BCUT2D eigenvalue weighted by molar-refractivity contribution is -0.129. The number of ether oxygens (including phenoxy) is 1. The minimum atomic E-state index is -0.446. The maximum Gasteiger partial charge on any atom is 0.363 e. The van der Waals surface area contributed by atoms with Crippen LogP contribution in [0.4, 0.5) is 0 Å². The molecule has 0 saturated heterocycles. The van der Waals surface area contributed by atoms with Crippen molar-refractivity contribution in [2.75, 3.05) is 0 Å². The second kappa shape index (κ2) is 5.99. The van der Waals surface area contributed by atoms with Crippen molar-refractivity contribution in [1.29, 1.82) is 0 Å². The van der Waals surface area contributed by atoms with Crippen molar-refractivity contribution in [3.8, 4) is 0 Å². The summed E-state index contributed by atoms with van der Waals surface area (Å²) < 4.78 is 6.32. The van der Waals surface area contributed by atoms with Crippen molar-refractivity contribution in [2.45, 2.75) is 0 Å². The van der Waals surface area contributed by atoms with E-state index in [2.05, 4.69) is 27.6 Å². The van der Waals surface area contributed by atoms with E-state index < -0.39 is 5.97 Å². The number of halogens is 2. The predicted octanol–water partition coefficient (Wildman–Crippen LogP) is 4.29. The number of esters is 1. The van der Waals surface area contributed by atoms with Crippen LogP contribution in [-0.4, -0.2) is 11.9 Å². The Labute approximate surface area is 140 Å². The molecule has 0 radical (unpaired) electrons. The fraction of sp³-hybridized carbons (Fsp3) is 0. The minimum Gasteiger partial charge on any atom is -0.402 e. The van der Waals surface area contributed by atoms with Crippen LogP contribution < -0.4 is 0 Å². The topological polar surface area (TPSA) is 38.7 Å². The molecule has 0 aliphatic carbocycles. The minimum absolute atomic E-state index is 0.283. The van der Waals surface area contributed by atoms with Gasteiger partial charge in [0.15, 0.2) is 5.70 Å². The van der Waals surface area contributed by atoms with E-state index in [-0.39, 0.29) is 5.70 Å². The summed E-state index contributed by atoms with van der Waals surface area (Å²) in [7, 11) is 0. The van der Waals surface area contributed by atoms with Gasteiger partial charge in [-0.3, -0.25) is 0 Å². The highest BCUT2D eigenvalue weighted by atomic mass is 127. The second-order valence-electron chi connectivity index (χ2n) is 4.39. The number of benzene rings is 2. The Morgan fingerprint density at radius 1 is 1.05 bits per heavy atom. The van der Waals surface area contributed by atoms with E-state index in [1.54, 1.807) is 18.2 Å². The first-order valence-corrected chi connectivity index (χ1v) is 7.61. The second-order valence-corrected chi connectivity index (χ2v) is 6.08. The number of nitrogens with zero attached hydrogens (tertiary/aromatic N) is 1. The van der Waals surface area contributed by atoms with Crippen LogP contribution in [0.1, 0.15) is 11.1 Å². The summed E-state index contributed by atoms with van der Waals surface area (Å²) in [6, 6.07) is 14.8. The smallest absolute Gasteiger partial charge is 0.363 e. The average Bonchev–Trinajstić information content (AvgIpc) is 2.83. The van der Waals surface area contributed by atoms with Crippen molar-refractivity contribution in [1.82, 2.24) is 0 Å². The van der Waals surface area contributed by atoms with E-state index in [1.807, 2.05) is 36.4 Å². The van der Waals surface area contributed by atoms with E-state index in [0.717, 1.165) is 14.7 Å². The molecule has 104 valence electrons. The summed E-state index contributed by atoms with van der Waals surface area (Å²) in [5.74, 6) is -0.116. The third-order valence-electron chi connectivity index (χ3n) is 2.89. The average molecular weight is 410 g/mol. The Morgan fingerprint density at radius 3 is 2.38 bits per heavy atom. The van der Waals surface area contributed by atoms with Crippen LogP contribution in [0.3, 0.4) is 0 Å². The van der Waals surface area contributed by atoms with Crippen LogP contribution in [0.25, 0.3) is 6.08 Å². The molecule has 0 amide bonds. The lowest BCUT2D eigenvalue weighted by atomic mass is 10.2. The molecule has 0 unspecified atom stereocenters. The molecule has 2 aromatic carbocycles. The van der Waals surface area contributed by atoms with Crippen molar-refractivity contribution >= 4 is 52.1 Å². The van der Waals surface area contributed by atoms with Gasteiger partial charge in [-0.05, 0) is 70.6 Å². The molecule has 0 saturated carbocycles. The molecule has 5 heteroatoms. The molecule has 0 bridgehead atoms. The molecule has 3 rings (SSSR count). The van der Waals surface area contributed by atoms with E-state index in [0.29, 0.717) is 10.9 Å². The molecular formula is C16H9ClINO2. The SMILES string of the molecule is O=C1OC(c2ccc(I)cc2)=N/C1=C\c1ccc(Cl)cc1. The van der Waals surface area contributed by atoms with Crippen LogP contribution in [0.2, 0.25) is 5.02 Å². The summed E-state index contributed by atoms with van der Waals surface area (Å²) in [4.78, 5) is 16.1. The zero-order chi connectivity index (χ0) is 14.8. The van der Waals surface area contributed by atoms with Gasteiger partial charge in [-0.15, -0.1) is 0 Å². The normalized spacial score (nSPS) is 16.0. The summed E-state index contributed by atoms with van der Waals surface area (Å²) in [5, 5.41) is 0.647. The van der Waals surface area contributed by atoms with Crippen LogP contribution >= 0.6 is 34.2 Å². The van der Waals surface area contributed by atoms with Crippen molar-refractivity contribution in [3.63, 3.8) is 0 Å². The Morgan fingerprint density at radius 2 is 1.71 bits per heavy atom. The fourth-order valence-corrected chi connectivity index (χ4v) is 2.33. The predicted molar refractivity (Wildman–Crippen MR) is 91.2 cm³/mol. The number of hydrogen-bond acceptors (Lipinski definition) is 3. The number of carbonyl (C=O) groups excluding carboxylic acids is 1. The van der Waals surface area contributed by atoms with E-state index in [1.165, 1.54) is 0 Å². The summed E-state index contributed by atoms with van der Waals surface area (Å²) >= 11 is 8.05. The maximum atomic E-state index is 11.9. The quantitative estimate of drug-likeness (QED) is 0.422. The number of aliphatic imine (C=N–C) groups is 1. The molecule has 0 aromatic heterocycles. The fourth-order valence-electron chi connectivity index (χ4n) is 1.84. The lowest BCUT2D eigenvalue weighted by Crippen LogP contribution is -2.05. The largest absolute Gasteiger partial charge is 0.402 e. The van der Waals surface area contributed by atoms with Crippen molar-refractivity contribution < 1.29 is 9.53 Å². The van der Waals surface area contributed by atoms with Crippen LogP contribution in [0.15, 0.2) is 59.2 Å². The molecular weight excluding hydrogens is 401 g/mol. The molecule has 1 aliphatic rings. The summed E-state index contributed by atoms with van der Waals surface area (Å²) in [6.07, 6.45) is 1.68. The Kier molecular flexibility index (Phi) is 4.07. The van der Waals surface area contributed by atoms with Gasteiger partial charge < -0.3 is 4.74 Å². The Hall–Kier alpha value is -1.66. The summed E-state index contributed by atoms with van der Waals surface area (Å²) in [6.45, 7) is 0. The van der Waals surface area contributed by atoms with Crippen molar-refractivity contribution in [2.24, 2.45) is 4.99 Å². The van der Waals surface area contributed by atoms with Gasteiger partial charge in [0.2, 0.25) is 5.90 Å². The Balaban J connectivity index is 1.91. The molecule has 0 atom stereocenters. The van der Waals surface area contributed by atoms with Gasteiger partial charge in [0.1, 0.15) is 0 Å². The molecule has 0 fully saturated rings. The third kappa shape index (κ3) is 3.33. The monoisotopic (exact) mass is 409 g/mol. The lowest BCUT2D eigenvalue weighted by Gasteiger charge is -1.98. The van der Waals surface area contributed by atoms with Crippen LogP contribution in [-0.2, 0) is 9.53 Å². The van der Waals surface area contributed by atoms with Gasteiger partial charge >= 0.3 is 5.97 Å². The zero-order valence-electron chi connectivity index (χ0n) is 10.7. The Bertz CT molecular complexity index is 749. The maximum absolute atomic E-state index is 11.9. The van der Waals surface area contributed by atoms with Gasteiger partial charge in [-0.25, -0.2) is 9.79 Å². The summed E-state index contributed by atoms with van der Waals surface area (Å²) in [5.41, 5.74) is 1.91. The molecule has 21 heavy (non-hydrogen) atoms. The van der Waals surface area contributed by atoms with E-state index >= 15 is 0 Å². The van der Waals surface area contributed by atoms with Gasteiger partial charge in [0.25, 0.3) is 0 Å². The molecule has 2 aromatic rings. The molecule has 3 nitrogen and oxygen atoms in total. The molecule has 0 spiro atoms. The first-order valence-electron chi connectivity index (χ1n) is 6.16. The molecule has 0 N–H and O–H groups in total. The van der Waals surface area contributed by atoms with Crippen LogP contribution in [0.5, 0.6) is 0 Å². The van der Waals surface area contributed by atoms with E-state index in [4.69, 9.17) is 16.3 Å².